The topological polar surface area (TPSA) is 9.23 Å². The molecule has 2 aromatic rings. The minimum Gasteiger partial charge on any atom is -0.494 e. The zero-order valence-electron chi connectivity index (χ0n) is 18.5. The van der Waals surface area contributed by atoms with Crippen molar-refractivity contribution in [2.75, 3.05) is 6.61 Å². The number of hydrogen-bond donors (Lipinski definition) is 0. The molecule has 0 spiro atoms. The molecule has 2 aromatic carbocycles. The summed E-state index contributed by atoms with van der Waals surface area (Å²) in [6, 6.07) is 15.9. The van der Waals surface area contributed by atoms with E-state index in [1.54, 1.807) is 11.1 Å². The minimum atomic E-state index is 0.815. The molecule has 1 saturated carbocycles. The van der Waals surface area contributed by atoms with Gasteiger partial charge in [0.1, 0.15) is 5.75 Å². The van der Waals surface area contributed by atoms with Crippen LogP contribution in [0.15, 0.2) is 42.5 Å². The van der Waals surface area contributed by atoms with Gasteiger partial charge in [-0.25, -0.2) is 0 Å². The smallest absolute Gasteiger partial charge is 0.119 e. The maximum absolute atomic E-state index is 5.81. The summed E-state index contributed by atoms with van der Waals surface area (Å²) in [5.74, 6) is 3.89. The molecular weight excluding hydrogens is 352 g/mol. The first kappa shape index (κ1) is 20.5. The van der Waals surface area contributed by atoms with E-state index in [4.69, 9.17) is 4.74 Å². The first-order chi connectivity index (χ1) is 14.3. The Bertz CT molecular complexity index is 767. The molecule has 2 aliphatic rings. The highest BCUT2D eigenvalue weighted by atomic mass is 16.5. The summed E-state index contributed by atoms with van der Waals surface area (Å²) in [7, 11) is 0. The molecule has 4 rings (SSSR count). The lowest BCUT2D eigenvalue weighted by atomic mass is 9.69. The van der Waals surface area contributed by atoms with Gasteiger partial charge in [-0.05, 0) is 90.7 Å². The third-order valence-corrected chi connectivity index (χ3v) is 7.56. The van der Waals surface area contributed by atoms with Crippen molar-refractivity contribution in [2.24, 2.45) is 17.8 Å². The summed E-state index contributed by atoms with van der Waals surface area (Å²) in [5.41, 5.74) is 5.85. The first-order valence-corrected chi connectivity index (χ1v) is 12.1. The fourth-order valence-corrected chi connectivity index (χ4v) is 5.51. The third-order valence-electron chi connectivity index (χ3n) is 7.56. The summed E-state index contributed by atoms with van der Waals surface area (Å²) in [5, 5.41) is 0. The molecule has 0 saturated heterocycles. The van der Waals surface area contributed by atoms with Crippen LogP contribution >= 0.6 is 0 Å². The van der Waals surface area contributed by atoms with Gasteiger partial charge < -0.3 is 4.74 Å². The quantitative estimate of drug-likeness (QED) is 0.437. The van der Waals surface area contributed by atoms with E-state index < -0.39 is 0 Å². The fourth-order valence-electron chi connectivity index (χ4n) is 5.51. The Morgan fingerprint density at radius 1 is 0.793 bits per heavy atom. The highest BCUT2D eigenvalue weighted by Crippen LogP contribution is 2.41. The Morgan fingerprint density at radius 3 is 2.28 bits per heavy atom. The van der Waals surface area contributed by atoms with E-state index in [0.717, 1.165) is 36.5 Å². The van der Waals surface area contributed by atoms with E-state index in [0.29, 0.717) is 0 Å². The van der Waals surface area contributed by atoms with Gasteiger partial charge in [-0.3, -0.25) is 0 Å². The summed E-state index contributed by atoms with van der Waals surface area (Å²) in [4.78, 5) is 0. The van der Waals surface area contributed by atoms with Crippen LogP contribution in [0.3, 0.4) is 0 Å². The Balaban J connectivity index is 1.39. The van der Waals surface area contributed by atoms with Crippen molar-refractivity contribution in [2.45, 2.75) is 78.1 Å². The lowest BCUT2D eigenvalue weighted by Gasteiger charge is -2.36. The van der Waals surface area contributed by atoms with Gasteiger partial charge in [-0.1, -0.05) is 69.9 Å². The van der Waals surface area contributed by atoms with Crippen LogP contribution in [0.25, 0.3) is 11.1 Å². The summed E-state index contributed by atoms with van der Waals surface area (Å²) >= 11 is 0. The van der Waals surface area contributed by atoms with E-state index in [-0.39, 0.29) is 0 Å². The van der Waals surface area contributed by atoms with Crippen molar-refractivity contribution in [1.29, 1.82) is 0 Å². The molecular formula is C28H38O. The molecule has 0 aliphatic heterocycles. The van der Waals surface area contributed by atoms with Crippen LogP contribution < -0.4 is 4.74 Å². The normalized spacial score (nSPS) is 24.1. The minimum absolute atomic E-state index is 0.815. The molecule has 1 heteroatoms. The van der Waals surface area contributed by atoms with Gasteiger partial charge >= 0.3 is 0 Å². The van der Waals surface area contributed by atoms with Crippen molar-refractivity contribution in [3.05, 3.63) is 53.6 Å². The molecule has 156 valence electrons. The number of fused-ring (bicyclic) bond motifs is 1. The monoisotopic (exact) mass is 390 g/mol. The zero-order chi connectivity index (χ0) is 20.1. The lowest BCUT2D eigenvalue weighted by molar-refractivity contribution is 0.187. The van der Waals surface area contributed by atoms with Crippen molar-refractivity contribution in [3.63, 3.8) is 0 Å². The van der Waals surface area contributed by atoms with Crippen molar-refractivity contribution >= 4 is 0 Å². The molecule has 0 N–H and O–H groups in total. The van der Waals surface area contributed by atoms with Crippen molar-refractivity contribution in [1.82, 2.24) is 0 Å². The average molecular weight is 391 g/mol. The molecule has 29 heavy (non-hydrogen) atoms. The summed E-state index contributed by atoms with van der Waals surface area (Å²) in [6.07, 6.45) is 13.5. The van der Waals surface area contributed by atoms with Gasteiger partial charge in [0, 0.05) is 0 Å². The molecule has 1 unspecified atom stereocenters. The number of aryl methyl sites for hydroxylation is 1. The summed E-state index contributed by atoms with van der Waals surface area (Å²) in [6.45, 7) is 5.38. The Morgan fingerprint density at radius 2 is 1.55 bits per heavy atom. The average Bonchev–Trinajstić information content (AvgIpc) is 2.79. The van der Waals surface area contributed by atoms with Crippen LogP contribution in [0.4, 0.5) is 0 Å². The highest BCUT2D eigenvalue weighted by molar-refractivity contribution is 5.66. The van der Waals surface area contributed by atoms with Crippen molar-refractivity contribution in [3.8, 4) is 16.9 Å². The van der Waals surface area contributed by atoms with Gasteiger partial charge in [0.05, 0.1) is 6.61 Å². The second kappa shape index (κ2) is 9.83. The Hall–Kier alpha value is -1.76. The molecule has 1 fully saturated rings. The fraction of sp³-hybridized carbons (Fsp3) is 0.571. The van der Waals surface area contributed by atoms with E-state index in [9.17, 15) is 0 Å². The molecule has 2 aliphatic carbocycles. The highest BCUT2D eigenvalue weighted by Gasteiger charge is 2.29. The molecule has 0 heterocycles. The Labute approximate surface area is 177 Å². The number of rotatable bonds is 7. The standard InChI is InChI=1S/C28H38O/c1-3-5-18-29-28-16-14-23(15-17-28)25-11-13-26-19-24(10-12-27(26)20-25)22-8-6-21(4-2)7-9-22/h11,13-17,20-22,24H,3-10,12,18-19H2,1-2H3. The van der Waals surface area contributed by atoms with Crippen LogP contribution in [-0.4, -0.2) is 6.61 Å². The van der Waals surface area contributed by atoms with Crippen LogP contribution in [0.5, 0.6) is 5.75 Å². The number of unbranched alkanes of at least 4 members (excludes halogenated alkanes) is 1. The van der Waals surface area contributed by atoms with Crippen molar-refractivity contribution < 1.29 is 4.74 Å². The van der Waals surface area contributed by atoms with Gasteiger partial charge in [-0.2, -0.15) is 0 Å². The predicted octanol–water partition coefficient (Wildman–Crippen LogP) is 7.85. The molecule has 0 bridgehead atoms. The lowest BCUT2D eigenvalue weighted by Crippen LogP contribution is -2.26. The van der Waals surface area contributed by atoms with Crippen LogP contribution in [0.2, 0.25) is 0 Å². The maximum atomic E-state index is 5.81. The number of ether oxygens (including phenoxy) is 1. The second-order valence-corrected chi connectivity index (χ2v) is 9.40. The molecule has 0 aromatic heterocycles. The van der Waals surface area contributed by atoms with Crippen LogP contribution in [0, 0.1) is 17.8 Å². The van der Waals surface area contributed by atoms with E-state index in [1.165, 1.54) is 68.9 Å². The molecule has 0 amide bonds. The van der Waals surface area contributed by atoms with Gasteiger partial charge in [0.25, 0.3) is 0 Å². The number of benzene rings is 2. The number of hydrogen-bond acceptors (Lipinski definition) is 1. The van der Waals surface area contributed by atoms with Crippen LogP contribution in [0.1, 0.15) is 76.3 Å². The maximum Gasteiger partial charge on any atom is 0.119 e. The molecule has 1 atom stereocenters. The third kappa shape index (κ3) is 5.05. The van der Waals surface area contributed by atoms with Gasteiger partial charge in [-0.15, -0.1) is 0 Å². The van der Waals surface area contributed by atoms with E-state index >= 15 is 0 Å². The second-order valence-electron chi connectivity index (χ2n) is 9.40. The molecule has 0 radical (unpaired) electrons. The SMILES string of the molecule is CCCCOc1ccc(-c2ccc3c(c2)CCC(C2CCC(CC)CC2)C3)cc1. The predicted molar refractivity (Wildman–Crippen MR) is 124 cm³/mol. The van der Waals surface area contributed by atoms with Gasteiger partial charge in [0.2, 0.25) is 0 Å². The first-order valence-electron chi connectivity index (χ1n) is 12.1. The largest absolute Gasteiger partial charge is 0.494 e. The van der Waals surface area contributed by atoms with Crippen LogP contribution in [-0.2, 0) is 12.8 Å². The zero-order valence-corrected chi connectivity index (χ0v) is 18.5. The summed E-state index contributed by atoms with van der Waals surface area (Å²) < 4.78 is 5.81. The van der Waals surface area contributed by atoms with Gasteiger partial charge in [0.15, 0.2) is 0 Å². The van der Waals surface area contributed by atoms with E-state index in [1.807, 2.05) is 0 Å². The van der Waals surface area contributed by atoms with E-state index in [2.05, 4.69) is 56.3 Å². The molecule has 1 nitrogen and oxygen atoms in total. The Kier molecular flexibility index (Phi) is 6.95.